The summed E-state index contributed by atoms with van der Waals surface area (Å²) in [6.07, 6.45) is 3.99. The van der Waals surface area contributed by atoms with Gasteiger partial charge in [-0.25, -0.2) is 4.68 Å². The highest BCUT2D eigenvalue weighted by Gasteiger charge is 2.11. The van der Waals surface area contributed by atoms with E-state index in [2.05, 4.69) is 22.9 Å². The molecule has 0 aliphatic rings. The van der Waals surface area contributed by atoms with Crippen LogP contribution in [0.5, 0.6) is 0 Å². The highest BCUT2D eigenvalue weighted by molar-refractivity contribution is 5.98. The normalized spacial score (nSPS) is 10.9. The van der Waals surface area contributed by atoms with Gasteiger partial charge in [-0.2, -0.15) is 5.10 Å². The summed E-state index contributed by atoms with van der Waals surface area (Å²) in [6.45, 7) is 5.90. The van der Waals surface area contributed by atoms with E-state index in [1.165, 1.54) is 6.08 Å². The molecule has 0 saturated carbocycles. The number of rotatable bonds is 5. The number of aromatic nitrogens is 2. The molecule has 3 rings (SSSR count). The van der Waals surface area contributed by atoms with E-state index < -0.39 is 5.91 Å². The lowest BCUT2D eigenvalue weighted by atomic mass is 10.1. The fraction of sp³-hybridized carbons (Fsp3) is 0.174. The molecule has 0 spiro atoms. The molecular weight excluding hydrogens is 364 g/mol. The van der Waals surface area contributed by atoms with Crippen LogP contribution in [0.2, 0.25) is 0 Å². The van der Waals surface area contributed by atoms with Gasteiger partial charge in [-0.05, 0) is 56.2 Å². The molecule has 1 aromatic heterocycles. The quantitative estimate of drug-likeness (QED) is 0.519. The molecule has 148 valence electrons. The zero-order chi connectivity index (χ0) is 20.8. The van der Waals surface area contributed by atoms with Gasteiger partial charge in [-0.15, -0.1) is 0 Å². The van der Waals surface area contributed by atoms with Crippen molar-refractivity contribution in [2.45, 2.75) is 27.2 Å². The lowest BCUT2D eigenvalue weighted by molar-refractivity contribution is -0.117. The minimum Gasteiger partial charge on any atom is -0.268 e. The fourth-order valence-electron chi connectivity index (χ4n) is 3.00. The number of hydrogen-bond acceptors (Lipinski definition) is 3. The third-order valence-corrected chi connectivity index (χ3v) is 4.67. The molecule has 3 aromatic rings. The summed E-state index contributed by atoms with van der Waals surface area (Å²) < 4.78 is 1.84. The SMILES string of the molecule is CCc1ccc(C(=O)NNC(=O)/C=C/c2c(C)nn(-c3ccccc3)c2C)cc1. The standard InChI is InChI=1S/C23H24N4O2/c1-4-18-10-12-19(13-11-18)23(29)25-24-22(28)15-14-21-16(2)26-27(17(21)3)20-8-6-5-7-9-20/h5-15H,4H2,1-3H3,(H,24,28)(H,25,29)/b15-14+. The number of aryl methyl sites for hydroxylation is 2. The zero-order valence-electron chi connectivity index (χ0n) is 16.8. The summed E-state index contributed by atoms with van der Waals surface area (Å²) in [5, 5.41) is 4.55. The van der Waals surface area contributed by atoms with Gasteiger partial charge in [0.05, 0.1) is 11.4 Å². The Kier molecular flexibility index (Phi) is 6.24. The van der Waals surface area contributed by atoms with E-state index in [9.17, 15) is 9.59 Å². The van der Waals surface area contributed by atoms with Crippen LogP contribution in [0.3, 0.4) is 0 Å². The Morgan fingerprint density at radius 2 is 1.69 bits per heavy atom. The first kappa shape index (κ1) is 20.1. The largest absolute Gasteiger partial charge is 0.269 e. The van der Waals surface area contributed by atoms with E-state index in [0.717, 1.165) is 34.6 Å². The molecule has 0 radical (unpaired) electrons. The van der Waals surface area contributed by atoms with Crippen LogP contribution in [-0.4, -0.2) is 21.6 Å². The van der Waals surface area contributed by atoms with E-state index >= 15 is 0 Å². The van der Waals surface area contributed by atoms with Crippen molar-refractivity contribution in [3.8, 4) is 5.69 Å². The predicted octanol–water partition coefficient (Wildman–Crippen LogP) is 3.53. The van der Waals surface area contributed by atoms with Crippen molar-refractivity contribution in [2.24, 2.45) is 0 Å². The second kappa shape index (κ2) is 9.01. The Morgan fingerprint density at radius 3 is 2.34 bits per heavy atom. The number of carbonyl (C=O) groups is 2. The Hall–Kier alpha value is -3.67. The second-order valence-corrected chi connectivity index (χ2v) is 6.66. The highest BCUT2D eigenvalue weighted by atomic mass is 16.2. The van der Waals surface area contributed by atoms with Crippen molar-refractivity contribution in [3.63, 3.8) is 0 Å². The van der Waals surface area contributed by atoms with Gasteiger partial charge in [-0.3, -0.25) is 20.4 Å². The average Bonchev–Trinajstić information content (AvgIpc) is 3.04. The molecule has 0 unspecified atom stereocenters. The lowest BCUT2D eigenvalue weighted by Crippen LogP contribution is -2.40. The molecule has 0 saturated heterocycles. The summed E-state index contributed by atoms with van der Waals surface area (Å²) in [7, 11) is 0. The maximum absolute atomic E-state index is 12.1. The topological polar surface area (TPSA) is 76.0 Å². The number of amides is 2. The van der Waals surface area contributed by atoms with E-state index in [1.807, 2.05) is 61.0 Å². The number of nitrogens with zero attached hydrogens (tertiary/aromatic N) is 2. The van der Waals surface area contributed by atoms with E-state index in [4.69, 9.17) is 0 Å². The first-order valence-electron chi connectivity index (χ1n) is 9.48. The molecule has 2 amide bonds. The lowest BCUT2D eigenvalue weighted by Gasteiger charge is -2.06. The second-order valence-electron chi connectivity index (χ2n) is 6.66. The minimum absolute atomic E-state index is 0.362. The van der Waals surface area contributed by atoms with Crippen LogP contribution in [0.25, 0.3) is 11.8 Å². The van der Waals surface area contributed by atoms with Gasteiger partial charge in [0, 0.05) is 22.9 Å². The Balaban J connectivity index is 1.63. The Morgan fingerprint density at radius 1 is 1.00 bits per heavy atom. The minimum atomic E-state index is -0.421. The van der Waals surface area contributed by atoms with Crippen molar-refractivity contribution in [1.82, 2.24) is 20.6 Å². The van der Waals surface area contributed by atoms with Gasteiger partial charge in [0.2, 0.25) is 0 Å². The Labute approximate surface area is 170 Å². The van der Waals surface area contributed by atoms with E-state index in [1.54, 1.807) is 18.2 Å². The molecule has 2 aromatic carbocycles. The summed E-state index contributed by atoms with van der Waals surface area (Å²) in [6, 6.07) is 17.1. The molecule has 6 nitrogen and oxygen atoms in total. The monoisotopic (exact) mass is 388 g/mol. The molecule has 2 N–H and O–H groups in total. The van der Waals surface area contributed by atoms with Crippen molar-refractivity contribution < 1.29 is 9.59 Å². The number of hydrogen-bond donors (Lipinski definition) is 2. The zero-order valence-corrected chi connectivity index (χ0v) is 16.8. The molecular formula is C23H24N4O2. The van der Waals surface area contributed by atoms with Gasteiger partial charge in [0.15, 0.2) is 0 Å². The van der Waals surface area contributed by atoms with Gasteiger partial charge < -0.3 is 0 Å². The van der Waals surface area contributed by atoms with Crippen LogP contribution < -0.4 is 10.9 Å². The molecule has 0 aliphatic heterocycles. The summed E-state index contributed by atoms with van der Waals surface area (Å²) in [5.74, 6) is -0.784. The molecule has 0 fully saturated rings. The van der Waals surface area contributed by atoms with Gasteiger partial charge in [-0.1, -0.05) is 37.3 Å². The number of para-hydroxylation sites is 1. The van der Waals surface area contributed by atoms with Crippen LogP contribution in [0, 0.1) is 13.8 Å². The Bertz CT molecular complexity index is 1030. The molecule has 0 bridgehead atoms. The first-order valence-corrected chi connectivity index (χ1v) is 9.48. The van der Waals surface area contributed by atoms with E-state index in [0.29, 0.717) is 5.56 Å². The van der Waals surface area contributed by atoms with Crippen LogP contribution in [0.1, 0.15) is 39.8 Å². The van der Waals surface area contributed by atoms with E-state index in [-0.39, 0.29) is 5.91 Å². The van der Waals surface area contributed by atoms with Crippen LogP contribution in [0.4, 0.5) is 0 Å². The first-order chi connectivity index (χ1) is 14.0. The van der Waals surface area contributed by atoms with Gasteiger partial charge >= 0.3 is 0 Å². The third kappa shape index (κ3) is 4.79. The van der Waals surface area contributed by atoms with Gasteiger partial charge in [0.1, 0.15) is 0 Å². The number of nitrogens with one attached hydrogen (secondary N) is 2. The van der Waals surface area contributed by atoms with Crippen LogP contribution in [-0.2, 0) is 11.2 Å². The third-order valence-electron chi connectivity index (χ3n) is 4.67. The number of carbonyl (C=O) groups excluding carboxylic acids is 2. The summed E-state index contributed by atoms with van der Waals surface area (Å²) >= 11 is 0. The number of benzene rings is 2. The predicted molar refractivity (Wildman–Crippen MR) is 114 cm³/mol. The molecule has 0 aliphatic carbocycles. The maximum Gasteiger partial charge on any atom is 0.269 e. The molecule has 29 heavy (non-hydrogen) atoms. The molecule has 0 atom stereocenters. The van der Waals surface area contributed by atoms with Gasteiger partial charge in [0.25, 0.3) is 11.8 Å². The average molecular weight is 388 g/mol. The number of hydrazine groups is 1. The van der Waals surface area contributed by atoms with Crippen LogP contribution >= 0.6 is 0 Å². The van der Waals surface area contributed by atoms with Crippen molar-refractivity contribution in [3.05, 3.63) is 88.8 Å². The fourth-order valence-corrected chi connectivity index (χ4v) is 3.00. The van der Waals surface area contributed by atoms with Crippen molar-refractivity contribution in [1.29, 1.82) is 0 Å². The maximum atomic E-state index is 12.1. The molecule has 1 heterocycles. The van der Waals surface area contributed by atoms with Crippen LogP contribution in [0.15, 0.2) is 60.7 Å². The summed E-state index contributed by atoms with van der Waals surface area (Å²) in [5.41, 5.74) is 10.0. The summed E-state index contributed by atoms with van der Waals surface area (Å²) in [4.78, 5) is 24.2. The van der Waals surface area contributed by atoms with Crippen molar-refractivity contribution >= 4 is 17.9 Å². The highest BCUT2D eigenvalue weighted by Crippen LogP contribution is 2.19. The van der Waals surface area contributed by atoms with Crippen molar-refractivity contribution in [2.75, 3.05) is 0 Å². The smallest absolute Gasteiger partial charge is 0.268 e. The molecule has 6 heteroatoms.